The van der Waals surface area contributed by atoms with Gasteiger partial charge in [-0.15, -0.1) is 0 Å². The fraction of sp³-hybridized carbons (Fsp3) is 1.00. The first-order chi connectivity index (χ1) is 6.79. The normalized spacial score (nSPS) is 24.9. The molecule has 3 heteroatoms. The van der Waals surface area contributed by atoms with Gasteiger partial charge in [-0.25, -0.2) is 0 Å². The molecule has 0 bridgehead atoms. The smallest absolute Gasteiger partial charge is 0.0587 e. The van der Waals surface area contributed by atoms with E-state index in [1.165, 1.54) is 19.3 Å². The molecular formula is C11H23NO2. The van der Waals surface area contributed by atoms with Crippen LogP contribution in [-0.4, -0.2) is 37.0 Å². The van der Waals surface area contributed by atoms with Gasteiger partial charge in [0.05, 0.1) is 12.2 Å². The van der Waals surface area contributed by atoms with Crippen molar-refractivity contribution in [1.29, 1.82) is 0 Å². The standard InChI is InChI=1S/C11H23NO2/c1-10(13)5-7-12-8-6-11-4-2-3-9-14-11/h10-13H,2-9H2,1H3. The van der Waals surface area contributed by atoms with Crippen LogP contribution in [0.4, 0.5) is 0 Å². The molecule has 2 atom stereocenters. The largest absolute Gasteiger partial charge is 0.393 e. The van der Waals surface area contributed by atoms with Crippen LogP contribution in [-0.2, 0) is 4.74 Å². The minimum Gasteiger partial charge on any atom is -0.393 e. The quantitative estimate of drug-likeness (QED) is 0.637. The van der Waals surface area contributed by atoms with E-state index in [1.807, 2.05) is 6.92 Å². The Bertz CT molecular complexity index is 133. The number of ether oxygens (including phenoxy) is 1. The van der Waals surface area contributed by atoms with Crippen molar-refractivity contribution < 1.29 is 9.84 Å². The van der Waals surface area contributed by atoms with Crippen molar-refractivity contribution in [2.45, 2.75) is 51.2 Å². The van der Waals surface area contributed by atoms with Crippen molar-refractivity contribution in [1.82, 2.24) is 5.32 Å². The summed E-state index contributed by atoms with van der Waals surface area (Å²) in [5.41, 5.74) is 0. The molecule has 0 aliphatic carbocycles. The van der Waals surface area contributed by atoms with E-state index in [1.54, 1.807) is 0 Å². The lowest BCUT2D eigenvalue weighted by atomic mass is 10.1. The van der Waals surface area contributed by atoms with Crippen LogP contribution in [0.15, 0.2) is 0 Å². The predicted octanol–water partition coefficient (Wildman–Crippen LogP) is 1.31. The monoisotopic (exact) mass is 201 g/mol. The van der Waals surface area contributed by atoms with E-state index in [0.29, 0.717) is 6.10 Å². The molecule has 0 amide bonds. The first-order valence-electron chi connectivity index (χ1n) is 5.79. The number of nitrogens with one attached hydrogen (secondary N) is 1. The third kappa shape index (κ3) is 5.58. The Morgan fingerprint density at radius 2 is 2.29 bits per heavy atom. The van der Waals surface area contributed by atoms with Crippen LogP contribution >= 0.6 is 0 Å². The summed E-state index contributed by atoms with van der Waals surface area (Å²) in [4.78, 5) is 0. The molecule has 14 heavy (non-hydrogen) atoms. The molecule has 0 aromatic heterocycles. The van der Waals surface area contributed by atoms with E-state index < -0.39 is 0 Å². The number of hydrogen-bond acceptors (Lipinski definition) is 3. The SMILES string of the molecule is CC(O)CCNCCC1CCCCO1. The summed E-state index contributed by atoms with van der Waals surface area (Å²) in [6.45, 7) is 4.69. The van der Waals surface area contributed by atoms with Crippen LogP contribution in [0.25, 0.3) is 0 Å². The van der Waals surface area contributed by atoms with Crippen LogP contribution < -0.4 is 5.32 Å². The summed E-state index contributed by atoms with van der Waals surface area (Å²) in [6, 6.07) is 0. The van der Waals surface area contributed by atoms with Crippen molar-refractivity contribution >= 4 is 0 Å². The van der Waals surface area contributed by atoms with Gasteiger partial charge < -0.3 is 15.2 Å². The highest BCUT2D eigenvalue weighted by atomic mass is 16.5. The minimum atomic E-state index is -0.187. The summed E-state index contributed by atoms with van der Waals surface area (Å²) >= 11 is 0. The molecule has 0 saturated carbocycles. The summed E-state index contributed by atoms with van der Waals surface area (Å²) in [7, 11) is 0. The maximum Gasteiger partial charge on any atom is 0.0587 e. The number of hydrogen-bond donors (Lipinski definition) is 2. The fourth-order valence-corrected chi connectivity index (χ4v) is 1.73. The highest BCUT2D eigenvalue weighted by Crippen LogP contribution is 2.14. The molecule has 1 aliphatic heterocycles. The maximum atomic E-state index is 9.04. The fourth-order valence-electron chi connectivity index (χ4n) is 1.73. The van der Waals surface area contributed by atoms with Crippen LogP contribution in [0.5, 0.6) is 0 Å². The Morgan fingerprint density at radius 3 is 2.93 bits per heavy atom. The molecule has 1 fully saturated rings. The molecule has 84 valence electrons. The van der Waals surface area contributed by atoms with Gasteiger partial charge in [-0.05, 0) is 52.1 Å². The molecule has 0 aromatic rings. The molecule has 2 N–H and O–H groups in total. The number of rotatable bonds is 6. The topological polar surface area (TPSA) is 41.5 Å². The van der Waals surface area contributed by atoms with Crippen molar-refractivity contribution in [2.75, 3.05) is 19.7 Å². The lowest BCUT2D eigenvalue weighted by Crippen LogP contribution is -2.26. The van der Waals surface area contributed by atoms with E-state index in [9.17, 15) is 0 Å². The third-order valence-electron chi connectivity index (χ3n) is 2.66. The summed E-state index contributed by atoms with van der Waals surface area (Å²) < 4.78 is 5.62. The van der Waals surface area contributed by atoms with Gasteiger partial charge in [0.25, 0.3) is 0 Å². The molecule has 2 unspecified atom stereocenters. The Labute approximate surface area is 86.8 Å². The maximum absolute atomic E-state index is 9.04. The van der Waals surface area contributed by atoms with E-state index in [4.69, 9.17) is 9.84 Å². The third-order valence-corrected chi connectivity index (χ3v) is 2.66. The predicted molar refractivity (Wildman–Crippen MR) is 57.4 cm³/mol. The van der Waals surface area contributed by atoms with Gasteiger partial charge in [-0.1, -0.05) is 0 Å². The molecule has 1 heterocycles. The van der Waals surface area contributed by atoms with Crippen LogP contribution in [0.3, 0.4) is 0 Å². The van der Waals surface area contributed by atoms with E-state index >= 15 is 0 Å². The zero-order chi connectivity index (χ0) is 10.2. The van der Waals surface area contributed by atoms with Crippen LogP contribution in [0, 0.1) is 0 Å². The average molecular weight is 201 g/mol. The molecule has 1 aliphatic rings. The Morgan fingerprint density at radius 1 is 1.43 bits per heavy atom. The highest BCUT2D eigenvalue weighted by Gasteiger charge is 2.12. The number of aliphatic hydroxyl groups excluding tert-OH is 1. The zero-order valence-corrected chi connectivity index (χ0v) is 9.17. The van der Waals surface area contributed by atoms with Gasteiger partial charge in [0, 0.05) is 6.61 Å². The lowest BCUT2D eigenvalue weighted by Gasteiger charge is -2.22. The van der Waals surface area contributed by atoms with Crippen molar-refractivity contribution in [3.8, 4) is 0 Å². The zero-order valence-electron chi connectivity index (χ0n) is 9.17. The molecule has 0 radical (unpaired) electrons. The molecule has 1 rings (SSSR count). The lowest BCUT2D eigenvalue weighted by molar-refractivity contribution is 0.0115. The van der Waals surface area contributed by atoms with E-state index in [0.717, 1.165) is 32.5 Å². The summed E-state index contributed by atoms with van der Waals surface area (Å²) in [5.74, 6) is 0. The van der Waals surface area contributed by atoms with Gasteiger partial charge in [0.15, 0.2) is 0 Å². The first kappa shape index (κ1) is 12.0. The van der Waals surface area contributed by atoms with Gasteiger partial charge in [0.2, 0.25) is 0 Å². The molecule has 3 nitrogen and oxygen atoms in total. The second-order valence-electron chi connectivity index (χ2n) is 4.16. The second-order valence-corrected chi connectivity index (χ2v) is 4.16. The van der Waals surface area contributed by atoms with E-state index in [2.05, 4.69) is 5.32 Å². The van der Waals surface area contributed by atoms with Crippen molar-refractivity contribution in [3.05, 3.63) is 0 Å². The first-order valence-corrected chi connectivity index (χ1v) is 5.79. The van der Waals surface area contributed by atoms with Gasteiger partial charge >= 0.3 is 0 Å². The molecule has 0 spiro atoms. The van der Waals surface area contributed by atoms with Gasteiger partial charge in [0.1, 0.15) is 0 Å². The average Bonchev–Trinajstić information content (AvgIpc) is 2.18. The van der Waals surface area contributed by atoms with E-state index in [-0.39, 0.29) is 6.10 Å². The Kier molecular flexibility index (Phi) is 6.15. The minimum absolute atomic E-state index is 0.187. The second kappa shape index (κ2) is 7.21. The van der Waals surface area contributed by atoms with Crippen LogP contribution in [0.2, 0.25) is 0 Å². The Balaban J connectivity index is 1.87. The highest BCUT2D eigenvalue weighted by molar-refractivity contribution is 4.65. The molecule has 1 saturated heterocycles. The molecule has 0 aromatic carbocycles. The van der Waals surface area contributed by atoms with Gasteiger partial charge in [-0.2, -0.15) is 0 Å². The van der Waals surface area contributed by atoms with Crippen LogP contribution in [0.1, 0.15) is 39.0 Å². The van der Waals surface area contributed by atoms with Gasteiger partial charge in [-0.3, -0.25) is 0 Å². The Hall–Kier alpha value is -0.120. The van der Waals surface area contributed by atoms with Crippen molar-refractivity contribution in [2.24, 2.45) is 0 Å². The van der Waals surface area contributed by atoms with Crippen molar-refractivity contribution in [3.63, 3.8) is 0 Å². The summed E-state index contributed by atoms with van der Waals surface area (Å²) in [5, 5.41) is 12.4. The number of aliphatic hydroxyl groups is 1. The molecular weight excluding hydrogens is 178 g/mol. The summed E-state index contributed by atoms with van der Waals surface area (Å²) in [6.07, 6.45) is 6.00.